The molecule has 0 bridgehead atoms. The number of pyridine rings is 1. The first-order valence-electron chi connectivity index (χ1n) is 9.87. The molecule has 1 saturated heterocycles. The largest absolute Gasteiger partial charge is 0.292 e. The Morgan fingerprint density at radius 1 is 0.938 bits per heavy atom. The molecule has 0 N–H and O–H groups in total. The molecule has 9 heteroatoms. The number of hydrogen-bond donors (Lipinski definition) is 0. The molecule has 1 fully saturated rings. The normalized spacial score (nSPS) is 17.0. The number of benzene rings is 2. The number of rotatable bonds is 6. The first-order valence-corrected chi connectivity index (χ1v) is 12.6. The molecule has 1 aromatic heterocycles. The molecule has 3 aromatic rings. The van der Waals surface area contributed by atoms with Gasteiger partial charge in [0.25, 0.3) is 0 Å². The fourth-order valence-electron chi connectivity index (χ4n) is 4.37. The van der Waals surface area contributed by atoms with Crippen molar-refractivity contribution in [2.75, 3.05) is 19.3 Å². The van der Waals surface area contributed by atoms with Gasteiger partial charge in [0.1, 0.15) is 16.8 Å². The number of nitrogens with zero attached hydrogens (tertiary/aromatic N) is 2. The van der Waals surface area contributed by atoms with Gasteiger partial charge in [0.15, 0.2) is 9.84 Å². The van der Waals surface area contributed by atoms with E-state index in [1.54, 1.807) is 24.4 Å². The second-order valence-electron chi connectivity index (χ2n) is 8.04. The van der Waals surface area contributed by atoms with Gasteiger partial charge in [-0.1, -0.05) is 41.4 Å². The van der Waals surface area contributed by atoms with Crippen LogP contribution < -0.4 is 0 Å². The van der Waals surface area contributed by atoms with Crippen molar-refractivity contribution in [3.8, 4) is 0 Å². The summed E-state index contributed by atoms with van der Waals surface area (Å²) in [7, 11) is -3.61. The summed E-state index contributed by atoms with van der Waals surface area (Å²) in [4.78, 5) is 6.28. The highest BCUT2D eigenvalue weighted by molar-refractivity contribution is 7.90. The molecule has 4 rings (SSSR count). The maximum atomic E-state index is 13.8. The van der Waals surface area contributed by atoms with Crippen LogP contribution in [0.1, 0.15) is 28.0 Å². The van der Waals surface area contributed by atoms with Crippen LogP contribution in [0.5, 0.6) is 0 Å². The van der Waals surface area contributed by atoms with Crippen molar-refractivity contribution in [2.45, 2.75) is 11.3 Å². The minimum atomic E-state index is -3.61. The minimum absolute atomic E-state index is 0.130. The van der Waals surface area contributed by atoms with E-state index in [1.807, 2.05) is 18.2 Å². The van der Waals surface area contributed by atoms with Gasteiger partial charge in [-0.05, 0) is 47.0 Å². The Morgan fingerprint density at radius 3 is 2.06 bits per heavy atom. The minimum Gasteiger partial charge on any atom is -0.292 e. The fraction of sp³-hybridized carbons (Fsp3) is 0.261. The van der Waals surface area contributed by atoms with Crippen molar-refractivity contribution in [1.29, 1.82) is 0 Å². The number of aromatic nitrogens is 1. The van der Waals surface area contributed by atoms with E-state index in [0.717, 1.165) is 35.6 Å². The summed E-state index contributed by atoms with van der Waals surface area (Å²) in [6, 6.07) is 13.7. The summed E-state index contributed by atoms with van der Waals surface area (Å²) in [5, 5.41) is -0.0259. The van der Waals surface area contributed by atoms with Crippen molar-refractivity contribution in [2.24, 2.45) is 5.92 Å². The standard InChI is InChI=1S/C23H20Cl2F2N2O2S/c1-32(30,31)23(16-8-19(26)10-20(27)9-16)17-12-29(13-17)22(14-2-5-18(24)6-3-14)15-4-7-21(25)28-11-15/h2-11,17,22-23H,12-13H2,1H3/t22-,23?/m0/s1. The molecule has 32 heavy (non-hydrogen) atoms. The molecule has 2 aromatic carbocycles. The molecule has 0 radical (unpaired) electrons. The molecule has 1 unspecified atom stereocenters. The Bertz CT molecular complexity index is 1150. The Balaban J connectivity index is 1.64. The highest BCUT2D eigenvalue weighted by Crippen LogP contribution is 2.42. The Kier molecular flexibility index (Phi) is 6.54. The second-order valence-corrected chi connectivity index (χ2v) is 11.0. The molecule has 0 saturated carbocycles. The van der Waals surface area contributed by atoms with Crippen LogP contribution in [0.4, 0.5) is 8.78 Å². The molecule has 4 nitrogen and oxygen atoms in total. The lowest BCUT2D eigenvalue weighted by molar-refractivity contribution is 0.0653. The maximum Gasteiger partial charge on any atom is 0.154 e. The van der Waals surface area contributed by atoms with Gasteiger partial charge in [-0.2, -0.15) is 0 Å². The number of likely N-dealkylation sites (tertiary alicyclic amines) is 1. The Morgan fingerprint density at radius 2 is 1.53 bits per heavy atom. The molecule has 2 atom stereocenters. The molecule has 0 aliphatic carbocycles. The SMILES string of the molecule is CS(=O)(=O)C(c1cc(F)cc(F)c1)C1CN([C@@H](c2ccc(Cl)cc2)c2ccc(Cl)nc2)C1. The quantitative estimate of drug-likeness (QED) is 0.424. The average Bonchev–Trinajstić information content (AvgIpc) is 2.67. The Labute approximate surface area is 195 Å². The van der Waals surface area contributed by atoms with Crippen LogP contribution in [0, 0.1) is 17.6 Å². The lowest BCUT2D eigenvalue weighted by Crippen LogP contribution is -2.52. The summed E-state index contributed by atoms with van der Waals surface area (Å²) in [5.74, 6) is -1.91. The van der Waals surface area contributed by atoms with E-state index in [1.165, 1.54) is 0 Å². The molecule has 0 amide bonds. The molecular formula is C23H20Cl2F2N2O2S. The van der Waals surface area contributed by atoms with Gasteiger partial charge in [0.2, 0.25) is 0 Å². The van der Waals surface area contributed by atoms with Gasteiger partial charge in [-0.15, -0.1) is 0 Å². The lowest BCUT2D eigenvalue weighted by Gasteiger charge is -2.47. The van der Waals surface area contributed by atoms with E-state index in [2.05, 4.69) is 9.88 Å². The van der Waals surface area contributed by atoms with Gasteiger partial charge < -0.3 is 0 Å². The van der Waals surface area contributed by atoms with Crippen LogP contribution in [-0.2, 0) is 9.84 Å². The van der Waals surface area contributed by atoms with Crippen molar-refractivity contribution in [3.05, 3.63) is 99.3 Å². The first-order chi connectivity index (χ1) is 15.1. The summed E-state index contributed by atoms with van der Waals surface area (Å²) in [6.07, 6.45) is 2.79. The molecule has 168 valence electrons. The molecule has 1 aliphatic rings. The van der Waals surface area contributed by atoms with Crippen LogP contribution in [-0.4, -0.2) is 37.6 Å². The zero-order chi connectivity index (χ0) is 23.0. The number of hydrogen-bond acceptors (Lipinski definition) is 4. The molecule has 0 spiro atoms. The highest BCUT2D eigenvalue weighted by Gasteiger charge is 2.43. The maximum absolute atomic E-state index is 13.8. The van der Waals surface area contributed by atoms with E-state index in [9.17, 15) is 17.2 Å². The van der Waals surface area contributed by atoms with E-state index in [-0.39, 0.29) is 17.5 Å². The predicted octanol–water partition coefficient (Wildman–Crippen LogP) is 5.47. The van der Waals surface area contributed by atoms with Crippen LogP contribution in [0.2, 0.25) is 10.2 Å². The third-order valence-electron chi connectivity index (χ3n) is 5.66. The topological polar surface area (TPSA) is 50.3 Å². The first kappa shape index (κ1) is 23.1. The molecule has 1 aliphatic heterocycles. The Hall–Kier alpha value is -2.06. The number of halogens is 4. The number of sulfone groups is 1. The van der Waals surface area contributed by atoms with Gasteiger partial charge in [-0.3, -0.25) is 4.90 Å². The van der Waals surface area contributed by atoms with Crippen LogP contribution in [0.3, 0.4) is 0 Å². The van der Waals surface area contributed by atoms with Gasteiger partial charge >= 0.3 is 0 Å². The summed E-state index contributed by atoms with van der Waals surface area (Å²) < 4.78 is 52.8. The van der Waals surface area contributed by atoms with Crippen LogP contribution in [0.25, 0.3) is 0 Å². The third kappa shape index (κ3) is 4.96. The zero-order valence-electron chi connectivity index (χ0n) is 17.1. The van der Waals surface area contributed by atoms with Crippen molar-refractivity contribution >= 4 is 33.0 Å². The molecule has 2 heterocycles. The van der Waals surface area contributed by atoms with E-state index < -0.39 is 26.7 Å². The van der Waals surface area contributed by atoms with E-state index in [0.29, 0.717) is 23.3 Å². The van der Waals surface area contributed by atoms with Crippen molar-refractivity contribution < 1.29 is 17.2 Å². The molecular weight excluding hydrogens is 477 g/mol. The monoisotopic (exact) mass is 496 g/mol. The van der Waals surface area contributed by atoms with Crippen molar-refractivity contribution in [1.82, 2.24) is 9.88 Å². The average molecular weight is 497 g/mol. The second kappa shape index (κ2) is 9.06. The van der Waals surface area contributed by atoms with Crippen LogP contribution >= 0.6 is 23.2 Å². The lowest BCUT2D eigenvalue weighted by atomic mass is 9.87. The van der Waals surface area contributed by atoms with E-state index >= 15 is 0 Å². The summed E-state index contributed by atoms with van der Waals surface area (Å²) in [5.41, 5.74) is 1.98. The van der Waals surface area contributed by atoms with Gasteiger partial charge in [0, 0.05) is 42.5 Å². The van der Waals surface area contributed by atoms with Gasteiger partial charge in [0.05, 0.1) is 11.3 Å². The summed E-state index contributed by atoms with van der Waals surface area (Å²) in [6.45, 7) is 0.845. The fourth-order valence-corrected chi connectivity index (χ4v) is 6.11. The predicted molar refractivity (Wildman–Crippen MR) is 122 cm³/mol. The summed E-state index contributed by atoms with van der Waals surface area (Å²) >= 11 is 12.0. The van der Waals surface area contributed by atoms with Crippen LogP contribution in [0.15, 0.2) is 60.8 Å². The smallest absolute Gasteiger partial charge is 0.154 e. The van der Waals surface area contributed by atoms with Gasteiger partial charge in [-0.25, -0.2) is 22.2 Å². The highest BCUT2D eigenvalue weighted by atomic mass is 35.5. The van der Waals surface area contributed by atoms with Crippen molar-refractivity contribution in [3.63, 3.8) is 0 Å². The zero-order valence-corrected chi connectivity index (χ0v) is 19.4. The third-order valence-corrected chi connectivity index (χ3v) is 7.71. The van der Waals surface area contributed by atoms with E-state index in [4.69, 9.17) is 23.2 Å².